The van der Waals surface area contributed by atoms with Crippen molar-refractivity contribution < 1.29 is 14.3 Å². The summed E-state index contributed by atoms with van der Waals surface area (Å²) in [5.41, 5.74) is 5.06. The van der Waals surface area contributed by atoms with Crippen molar-refractivity contribution in [1.29, 1.82) is 0 Å². The molecule has 1 heterocycles. The van der Waals surface area contributed by atoms with Crippen LogP contribution >= 0.6 is 12.8 Å². The number of anilines is 1. The molecule has 7 heteroatoms. The first-order chi connectivity index (χ1) is 7.06. The fourth-order valence-electron chi connectivity index (χ4n) is 0.872. The molecule has 0 radical (unpaired) electrons. The van der Waals surface area contributed by atoms with Gasteiger partial charge in [0.15, 0.2) is 5.69 Å². The van der Waals surface area contributed by atoms with Gasteiger partial charge in [0.2, 0.25) is 0 Å². The standard InChI is InChI=1S/C8H9N3O3S/c1-14-7(12)5-3-2-4-6(10-5)11(15)8(9)13/h2-4,15H,1H3,(H2,9,13). The first-order valence-electron chi connectivity index (χ1n) is 3.90. The maximum atomic E-state index is 11.1. The summed E-state index contributed by atoms with van der Waals surface area (Å²) in [6.07, 6.45) is 0. The Bertz CT molecular complexity index is 396. The van der Waals surface area contributed by atoms with Crippen LogP contribution in [0.2, 0.25) is 0 Å². The zero-order valence-electron chi connectivity index (χ0n) is 7.88. The van der Waals surface area contributed by atoms with E-state index in [0.29, 0.717) is 0 Å². The lowest BCUT2D eigenvalue weighted by Gasteiger charge is -2.11. The molecule has 0 saturated heterocycles. The largest absolute Gasteiger partial charge is 0.464 e. The first kappa shape index (κ1) is 11.3. The molecule has 0 aliphatic carbocycles. The van der Waals surface area contributed by atoms with Gasteiger partial charge in [-0.25, -0.2) is 18.9 Å². The average molecular weight is 227 g/mol. The number of nitrogens with zero attached hydrogens (tertiary/aromatic N) is 2. The molecule has 2 N–H and O–H groups in total. The number of ether oxygens (including phenoxy) is 1. The van der Waals surface area contributed by atoms with Crippen LogP contribution in [0.4, 0.5) is 10.6 Å². The minimum Gasteiger partial charge on any atom is -0.464 e. The lowest BCUT2D eigenvalue weighted by atomic mass is 10.3. The highest BCUT2D eigenvalue weighted by atomic mass is 32.1. The fraction of sp³-hybridized carbons (Fsp3) is 0.125. The fourth-order valence-corrected chi connectivity index (χ4v) is 0.984. The maximum Gasteiger partial charge on any atom is 0.356 e. The predicted octanol–water partition coefficient (Wildman–Crippen LogP) is 0.598. The van der Waals surface area contributed by atoms with E-state index in [1.807, 2.05) is 0 Å². The quantitative estimate of drug-likeness (QED) is 0.572. The molecule has 0 unspecified atom stereocenters. The van der Waals surface area contributed by atoms with Crippen molar-refractivity contribution >= 4 is 30.6 Å². The predicted molar refractivity (Wildman–Crippen MR) is 56.6 cm³/mol. The number of aromatic nitrogens is 1. The highest BCUT2D eigenvalue weighted by Crippen LogP contribution is 2.13. The smallest absolute Gasteiger partial charge is 0.356 e. The molecule has 1 rings (SSSR count). The van der Waals surface area contributed by atoms with E-state index in [9.17, 15) is 9.59 Å². The lowest BCUT2D eigenvalue weighted by Crippen LogP contribution is -2.28. The average Bonchev–Trinajstić information content (AvgIpc) is 2.27. The van der Waals surface area contributed by atoms with E-state index in [-0.39, 0.29) is 11.5 Å². The van der Waals surface area contributed by atoms with Crippen molar-refractivity contribution in [2.75, 3.05) is 11.4 Å². The van der Waals surface area contributed by atoms with Crippen LogP contribution in [-0.4, -0.2) is 24.1 Å². The molecule has 0 aliphatic rings. The summed E-state index contributed by atoms with van der Waals surface area (Å²) < 4.78 is 5.30. The Morgan fingerprint density at radius 1 is 1.53 bits per heavy atom. The van der Waals surface area contributed by atoms with Gasteiger partial charge in [-0.05, 0) is 12.1 Å². The van der Waals surface area contributed by atoms with Crippen molar-refractivity contribution in [2.45, 2.75) is 0 Å². The van der Waals surface area contributed by atoms with Crippen molar-refractivity contribution in [3.8, 4) is 0 Å². The maximum absolute atomic E-state index is 11.1. The number of methoxy groups -OCH3 is 1. The molecule has 0 atom stereocenters. The topological polar surface area (TPSA) is 85.5 Å². The number of carbonyl (C=O) groups excluding carboxylic acids is 2. The van der Waals surface area contributed by atoms with Crippen molar-refractivity contribution in [2.24, 2.45) is 5.73 Å². The number of rotatable bonds is 2. The molecule has 0 fully saturated rings. The molecule has 2 amide bonds. The van der Waals surface area contributed by atoms with Gasteiger partial charge in [-0.3, -0.25) is 0 Å². The van der Waals surface area contributed by atoms with Crippen LogP contribution in [0.1, 0.15) is 10.5 Å². The van der Waals surface area contributed by atoms with E-state index in [0.717, 1.165) is 4.31 Å². The second kappa shape index (κ2) is 4.65. The third kappa shape index (κ3) is 2.59. The summed E-state index contributed by atoms with van der Waals surface area (Å²) in [6, 6.07) is 3.70. The van der Waals surface area contributed by atoms with Gasteiger partial charge >= 0.3 is 12.0 Å². The number of pyridine rings is 1. The van der Waals surface area contributed by atoms with Crippen LogP contribution < -0.4 is 10.0 Å². The van der Waals surface area contributed by atoms with Gasteiger partial charge < -0.3 is 10.5 Å². The molecular formula is C8H9N3O3S. The summed E-state index contributed by atoms with van der Waals surface area (Å²) in [6.45, 7) is 0. The number of esters is 1. The van der Waals surface area contributed by atoms with E-state index in [1.54, 1.807) is 6.07 Å². The van der Waals surface area contributed by atoms with Gasteiger partial charge in [-0.1, -0.05) is 18.9 Å². The summed E-state index contributed by atoms with van der Waals surface area (Å²) in [4.78, 5) is 25.7. The van der Waals surface area contributed by atoms with Crippen LogP contribution in [0.3, 0.4) is 0 Å². The summed E-state index contributed by atoms with van der Waals surface area (Å²) >= 11 is 3.80. The highest BCUT2D eigenvalue weighted by molar-refractivity contribution is 7.82. The molecular weight excluding hydrogens is 218 g/mol. The molecule has 0 aliphatic heterocycles. The van der Waals surface area contributed by atoms with Crippen molar-refractivity contribution in [1.82, 2.24) is 4.98 Å². The number of thiol groups is 1. The molecule has 1 aromatic heterocycles. The van der Waals surface area contributed by atoms with Gasteiger partial charge in [0, 0.05) is 0 Å². The van der Waals surface area contributed by atoms with Gasteiger partial charge in [0.25, 0.3) is 0 Å². The summed E-state index contributed by atoms with van der Waals surface area (Å²) in [5.74, 6) is -0.434. The molecule has 0 bridgehead atoms. The Balaban J connectivity index is 3.02. The number of urea groups is 1. The Morgan fingerprint density at radius 3 is 2.73 bits per heavy atom. The minimum absolute atomic E-state index is 0.0790. The van der Waals surface area contributed by atoms with Crippen LogP contribution in [0.5, 0.6) is 0 Å². The van der Waals surface area contributed by atoms with Crippen molar-refractivity contribution in [3.63, 3.8) is 0 Å². The molecule has 0 aromatic carbocycles. The lowest BCUT2D eigenvalue weighted by molar-refractivity contribution is 0.0594. The van der Waals surface area contributed by atoms with Gasteiger partial charge in [0.1, 0.15) is 5.82 Å². The number of hydrogen-bond donors (Lipinski definition) is 2. The zero-order chi connectivity index (χ0) is 11.4. The SMILES string of the molecule is COC(=O)c1cccc(N(S)C(N)=O)n1. The molecule has 0 spiro atoms. The van der Waals surface area contributed by atoms with E-state index in [4.69, 9.17) is 5.73 Å². The van der Waals surface area contributed by atoms with Crippen LogP contribution in [-0.2, 0) is 4.74 Å². The second-order valence-electron chi connectivity index (χ2n) is 2.52. The van der Waals surface area contributed by atoms with Gasteiger partial charge in [-0.15, -0.1) is 0 Å². The van der Waals surface area contributed by atoms with E-state index in [2.05, 4.69) is 22.5 Å². The number of hydrogen-bond acceptors (Lipinski definition) is 5. The summed E-state index contributed by atoms with van der Waals surface area (Å²) in [5, 5.41) is 0. The molecule has 1 aromatic rings. The van der Waals surface area contributed by atoms with E-state index >= 15 is 0 Å². The highest BCUT2D eigenvalue weighted by Gasteiger charge is 2.12. The van der Waals surface area contributed by atoms with Gasteiger partial charge in [0.05, 0.1) is 7.11 Å². The molecule has 15 heavy (non-hydrogen) atoms. The van der Waals surface area contributed by atoms with Crippen molar-refractivity contribution in [3.05, 3.63) is 23.9 Å². The van der Waals surface area contributed by atoms with Gasteiger partial charge in [-0.2, -0.15) is 0 Å². The Hall–Kier alpha value is -1.76. The normalized spacial score (nSPS) is 9.47. The second-order valence-corrected chi connectivity index (χ2v) is 2.92. The zero-order valence-corrected chi connectivity index (χ0v) is 8.77. The van der Waals surface area contributed by atoms with E-state index in [1.165, 1.54) is 19.2 Å². The number of carbonyl (C=O) groups is 2. The van der Waals surface area contributed by atoms with Crippen LogP contribution in [0, 0.1) is 0 Å². The number of amides is 2. The monoisotopic (exact) mass is 227 g/mol. The third-order valence-electron chi connectivity index (χ3n) is 1.55. The van der Waals surface area contributed by atoms with E-state index < -0.39 is 12.0 Å². The molecule has 0 saturated carbocycles. The summed E-state index contributed by atoms with van der Waals surface area (Å²) in [7, 11) is 1.24. The Labute approximate surface area is 91.6 Å². The van der Waals surface area contributed by atoms with Crippen LogP contribution in [0.15, 0.2) is 18.2 Å². The number of primary amides is 1. The third-order valence-corrected chi connectivity index (χ3v) is 1.96. The Kier molecular flexibility index (Phi) is 3.51. The molecule has 80 valence electrons. The minimum atomic E-state index is -0.784. The molecule has 6 nitrogen and oxygen atoms in total. The first-order valence-corrected chi connectivity index (χ1v) is 4.30. The van der Waals surface area contributed by atoms with Crippen LogP contribution in [0.25, 0.3) is 0 Å². The number of nitrogens with two attached hydrogens (primary N) is 1. The Morgan fingerprint density at radius 2 is 2.20 bits per heavy atom.